The lowest BCUT2D eigenvalue weighted by molar-refractivity contribution is -0.0721. The normalized spacial score (nSPS) is 51.5. The van der Waals surface area contributed by atoms with Gasteiger partial charge < -0.3 is 5.11 Å². The van der Waals surface area contributed by atoms with Crippen LogP contribution < -0.4 is 0 Å². The Kier molecular flexibility index (Phi) is 2.59. The van der Waals surface area contributed by atoms with Crippen LogP contribution in [-0.2, 0) is 0 Å². The molecule has 0 saturated heterocycles. The van der Waals surface area contributed by atoms with Gasteiger partial charge in [0.15, 0.2) is 0 Å². The largest absolute Gasteiger partial charge is 0.390 e. The number of alkyl halides is 1. The lowest BCUT2D eigenvalue weighted by Crippen LogP contribution is -2.48. The molecule has 2 aliphatic rings. The first kappa shape index (κ1) is 9.79. The Bertz CT molecular complexity index is 191. The average Bonchev–Trinajstić information content (AvgIpc) is 2.13. The molecular weight excluding hydrogens is 184 g/mol. The predicted octanol–water partition coefficient (Wildman–Crippen LogP) is 2.95. The van der Waals surface area contributed by atoms with E-state index in [0.717, 1.165) is 12.8 Å². The molecule has 2 rings (SSSR count). The van der Waals surface area contributed by atoms with Crippen LogP contribution in [0.5, 0.6) is 0 Å². The molecular formula is C11H19ClO. The number of hydrogen-bond donors (Lipinski definition) is 1. The lowest BCUT2D eigenvalue weighted by Gasteiger charge is -2.47. The van der Waals surface area contributed by atoms with Crippen LogP contribution in [0.3, 0.4) is 0 Å². The van der Waals surface area contributed by atoms with E-state index in [1.54, 1.807) is 0 Å². The minimum absolute atomic E-state index is 0.325. The van der Waals surface area contributed by atoms with Gasteiger partial charge >= 0.3 is 0 Å². The van der Waals surface area contributed by atoms with Gasteiger partial charge in [0.05, 0.1) is 5.60 Å². The molecule has 1 nitrogen and oxygen atoms in total. The molecule has 0 aliphatic heterocycles. The molecule has 2 fully saturated rings. The Morgan fingerprint density at radius 1 is 1.23 bits per heavy atom. The first-order valence-electron chi connectivity index (χ1n) is 5.48. The van der Waals surface area contributed by atoms with Crippen molar-refractivity contribution in [2.75, 3.05) is 0 Å². The van der Waals surface area contributed by atoms with E-state index < -0.39 is 5.60 Å². The van der Waals surface area contributed by atoms with Crippen molar-refractivity contribution in [2.24, 2.45) is 11.8 Å². The van der Waals surface area contributed by atoms with Crippen molar-refractivity contribution in [3.05, 3.63) is 0 Å². The molecule has 2 aliphatic carbocycles. The molecule has 1 N–H and O–H groups in total. The zero-order valence-electron chi connectivity index (χ0n) is 8.30. The Hall–Kier alpha value is 0.250. The molecule has 4 atom stereocenters. The van der Waals surface area contributed by atoms with Crippen molar-refractivity contribution in [1.82, 2.24) is 0 Å². The molecule has 13 heavy (non-hydrogen) atoms. The minimum Gasteiger partial charge on any atom is -0.390 e. The van der Waals surface area contributed by atoms with E-state index in [4.69, 9.17) is 11.6 Å². The van der Waals surface area contributed by atoms with Crippen LogP contribution >= 0.6 is 11.6 Å². The second-order valence-electron chi connectivity index (χ2n) is 4.97. The van der Waals surface area contributed by atoms with Gasteiger partial charge in [0.2, 0.25) is 0 Å². The number of aliphatic hydroxyl groups is 1. The summed E-state index contributed by atoms with van der Waals surface area (Å²) >= 11 is 6.31. The molecule has 0 aromatic carbocycles. The van der Waals surface area contributed by atoms with Crippen LogP contribution in [0.25, 0.3) is 0 Å². The predicted molar refractivity (Wildman–Crippen MR) is 54.9 cm³/mol. The molecule has 76 valence electrons. The van der Waals surface area contributed by atoms with Crippen molar-refractivity contribution < 1.29 is 5.11 Å². The summed E-state index contributed by atoms with van der Waals surface area (Å²) < 4.78 is 0. The van der Waals surface area contributed by atoms with Gasteiger partial charge in [-0.1, -0.05) is 12.8 Å². The summed E-state index contributed by atoms with van der Waals surface area (Å²) in [4.78, 5) is 0. The Morgan fingerprint density at radius 3 is 2.62 bits per heavy atom. The fourth-order valence-electron chi connectivity index (χ4n) is 3.19. The van der Waals surface area contributed by atoms with Crippen LogP contribution in [0.2, 0.25) is 0 Å². The first-order valence-corrected chi connectivity index (χ1v) is 5.91. The van der Waals surface area contributed by atoms with Crippen LogP contribution in [0.4, 0.5) is 0 Å². The van der Waals surface area contributed by atoms with Gasteiger partial charge in [-0.3, -0.25) is 0 Å². The van der Waals surface area contributed by atoms with Gasteiger partial charge in [-0.2, -0.15) is 0 Å². The number of hydrogen-bond acceptors (Lipinski definition) is 1. The second-order valence-corrected chi connectivity index (χ2v) is 5.53. The SMILES string of the molecule is C[C@@]1(O)CC[C@@H](Cl)[C@@H]2CCCC[C@H]21. The van der Waals surface area contributed by atoms with Crippen LogP contribution in [-0.4, -0.2) is 16.1 Å². The molecule has 0 unspecified atom stereocenters. The summed E-state index contributed by atoms with van der Waals surface area (Å²) in [7, 11) is 0. The van der Waals surface area contributed by atoms with Crippen molar-refractivity contribution in [3.8, 4) is 0 Å². The fourth-order valence-corrected chi connectivity index (χ4v) is 3.60. The third-order valence-corrected chi connectivity index (χ3v) is 4.55. The number of fused-ring (bicyclic) bond motifs is 1. The zero-order valence-corrected chi connectivity index (χ0v) is 9.06. The quantitative estimate of drug-likeness (QED) is 0.599. The van der Waals surface area contributed by atoms with Crippen LogP contribution in [0, 0.1) is 11.8 Å². The highest BCUT2D eigenvalue weighted by Gasteiger charge is 2.45. The smallest absolute Gasteiger partial charge is 0.0651 e. The summed E-state index contributed by atoms with van der Waals surface area (Å²) in [5, 5.41) is 10.6. The van der Waals surface area contributed by atoms with Gasteiger partial charge in [-0.25, -0.2) is 0 Å². The Labute approximate surface area is 85.5 Å². The van der Waals surface area contributed by atoms with E-state index in [-0.39, 0.29) is 0 Å². The summed E-state index contributed by atoms with van der Waals surface area (Å²) in [6.07, 6.45) is 6.88. The summed E-state index contributed by atoms with van der Waals surface area (Å²) in [5.74, 6) is 1.05. The van der Waals surface area contributed by atoms with Crippen LogP contribution in [0.15, 0.2) is 0 Å². The third-order valence-electron chi connectivity index (χ3n) is 4.01. The highest BCUT2D eigenvalue weighted by atomic mass is 35.5. The molecule has 0 heterocycles. The van der Waals surface area contributed by atoms with Gasteiger partial charge in [0, 0.05) is 5.38 Å². The topological polar surface area (TPSA) is 20.2 Å². The van der Waals surface area contributed by atoms with Gasteiger partial charge in [-0.05, 0) is 44.4 Å². The Morgan fingerprint density at radius 2 is 1.92 bits per heavy atom. The molecule has 0 amide bonds. The standard InChI is InChI=1S/C11H19ClO/c1-11(13)7-6-10(12)8-4-2-3-5-9(8)11/h8-10,13H,2-7H2,1H3/t8-,9-,10-,11-/m1/s1. The van der Waals surface area contributed by atoms with Gasteiger partial charge in [0.25, 0.3) is 0 Å². The molecule has 0 spiro atoms. The van der Waals surface area contributed by atoms with E-state index in [2.05, 4.69) is 0 Å². The number of rotatable bonds is 0. The van der Waals surface area contributed by atoms with E-state index in [9.17, 15) is 5.11 Å². The summed E-state index contributed by atoms with van der Waals surface area (Å²) in [5.41, 5.74) is -0.434. The Balaban J connectivity index is 2.14. The molecule has 0 aromatic heterocycles. The van der Waals surface area contributed by atoms with E-state index in [1.807, 2.05) is 6.92 Å². The summed E-state index contributed by atoms with van der Waals surface area (Å²) in [6.45, 7) is 2.00. The van der Waals surface area contributed by atoms with E-state index in [0.29, 0.717) is 17.2 Å². The second kappa shape index (κ2) is 3.43. The molecule has 0 aromatic rings. The molecule has 2 heteroatoms. The maximum Gasteiger partial charge on any atom is 0.0651 e. The maximum atomic E-state index is 10.2. The average molecular weight is 203 g/mol. The monoisotopic (exact) mass is 202 g/mol. The molecule has 2 saturated carbocycles. The van der Waals surface area contributed by atoms with Gasteiger partial charge in [0.1, 0.15) is 0 Å². The summed E-state index contributed by atoms with van der Waals surface area (Å²) in [6, 6.07) is 0. The molecule has 0 radical (unpaired) electrons. The van der Waals surface area contributed by atoms with Gasteiger partial charge in [-0.15, -0.1) is 11.6 Å². The van der Waals surface area contributed by atoms with E-state index >= 15 is 0 Å². The van der Waals surface area contributed by atoms with Crippen molar-refractivity contribution >= 4 is 11.6 Å². The lowest BCUT2D eigenvalue weighted by atomic mass is 9.63. The highest BCUT2D eigenvalue weighted by Crippen LogP contribution is 2.47. The third kappa shape index (κ3) is 1.73. The van der Waals surface area contributed by atoms with Crippen molar-refractivity contribution in [1.29, 1.82) is 0 Å². The van der Waals surface area contributed by atoms with Crippen LogP contribution in [0.1, 0.15) is 45.4 Å². The van der Waals surface area contributed by atoms with Crippen molar-refractivity contribution in [2.45, 2.75) is 56.4 Å². The minimum atomic E-state index is -0.434. The zero-order chi connectivity index (χ0) is 9.47. The van der Waals surface area contributed by atoms with E-state index in [1.165, 1.54) is 25.7 Å². The number of halogens is 1. The van der Waals surface area contributed by atoms with Crippen molar-refractivity contribution in [3.63, 3.8) is 0 Å². The highest BCUT2D eigenvalue weighted by molar-refractivity contribution is 6.20. The molecule has 0 bridgehead atoms. The fraction of sp³-hybridized carbons (Fsp3) is 1.00. The maximum absolute atomic E-state index is 10.2. The first-order chi connectivity index (χ1) is 6.11.